The first-order valence-corrected chi connectivity index (χ1v) is 14.6. The average Bonchev–Trinajstić information content (AvgIpc) is 3.57. The van der Waals surface area contributed by atoms with Crippen molar-refractivity contribution in [3.05, 3.63) is 89.2 Å². The van der Waals surface area contributed by atoms with Crippen LogP contribution >= 0.6 is 0 Å². The van der Waals surface area contributed by atoms with Gasteiger partial charge in [-0.1, -0.05) is 17.7 Å². The number of aromatic amines is 1. The monoisotopic (exact) mass is 603 g/mol. The summed E-state index contributed by atoms with van der Waals surface area (Å²) in [5, 5.41) is 12.9. The second-order valence-corrected chi connectivity index (χ2v) is 11.9. The maximum absolute atomic E-state index is 14.5. The molecule has 1 amide bonds. The van der Waals surface area contributed by atoms with E-state index in [0.29, 0.717) is 27.6 Å². The van der Waals surface area contributed by atoms with Gasteiger partial charge in [-0.3, -0.25) is 9.59 Å². The summed E-state index contributed by atoms with van der Waals surface area (Å²) in [5.74, 6) is -1.69. The summed E-state index contributed by atoms with van der Waals surface area (Å²) in [6, 6.07) is 13.2. The van der Waals surface area contributed by atoms with Crippen molar-refractivity contribution < 1.29 is 37.4 Å². The van der Waals surface area contributed by atoms with Gasteiger partial charge < -0.3 is 24.9 Å². The molecule has 1 atom stereocenters. The molecule has 222 valence electrons. The van der Waals surface area contributed by atoms with Gasteiger partial charge in [0.25, 0.3) is 10.0 Å². The van der Waals surface area contributed by atoms with E-state index in [1.165, 1.54) is 39.5 Å². The molecule has 3 N–H and O–H groups in total. The summed E-state index contributed by atoms with van der Waals surface area (Å²) in [5.41, 5.74) is 2.31. The van der Waals surface area contributed by atoms with E-state index in [1.807, 2.05) is 6.92 Å². The first-order valence-electron chi connectivity index (χ1n) is 13.2. The van der Waals surface area contributed by atoms with Gasteiger partial charge in [0.05, 0.1) is 30.2 Å². The normalized spacial score (nSPS) is 12.3. The Morgan fingerprint density at radius 3 is 2.37 bits per heavy atom. The van der Waals surface area contributed by atoms with Crippen LogP contribution in [0.4, 0.5) is 0 Å². The summed E-state index contributed by atoms with van der Waals surface area (Å²) in [4.78, 5) is 41.2. The topological polar surface area (TPSA) is 157 Å². The van der Waals surface area contributed by atoms with E-state index in [1.54, 1.807) is 48.7 Å². The Morgan fingerprint density at radius 2 is 1.74 bits per heavy atom. The number of amides is 1. The fourth-order valence-electron chi connectivity index (χ4n) is 5.14. The Hall–Kier alpha value is -5.10. The number of nitrogens with zero attached hydrogens (tertiary/aromatic N) is 1. The first-order chi connectivity index (χ1) is 20.5. The van der Waals surface area contributed by atoms with Crippen LogP contribution in [0.5, 0.6) is 11.5 Å². The van der Waals surface area contributed by atoms with Gasteiger partial charge in [-0.25, -0.2) is 17.2 Å². The maximum Gasteiger partial charge on any atom is 0.326 e. The number of carbonyl (C=O) groups excluding carboxylic acids is 2. The van der Waals surface area contributed by atoms with Crippen LogP contribution in [-0.2, 0) is 26.0 Å². The van der Waals surface area contributed by atoms with Crippen molar-refractivity contribution in [2.24, 2.45) is 0 Å². The summed E-state index contributed by atoms with van der Waals surface area (Å²) in [6.45, 7) is 3.07. The van der Waals surface area contributed by atoms with Crippen LogP contribution < -0.4 is 14.8 Å². The molecule has 43 heavy (non-hydrogen) atoms. The molecule has 0 saturated heterocycles. The zero-order valence-corrected chi connectivity index (χ0v) is 24.6. The number of aliphatic carboxylic acids is 1. The average molecular weight is 604 g/mol. The number of aromatic nitrogens is 2. The van der Waals surface area contributed by atoms with E-state index in [9.17, 15) is 27.9 Å². The smallest absolute Gasteiger partial charge is 0.326 e. The second kappa shape index (κ2) is 11.3. The van der Waals surface area contributed by atoms with Gasteiger partial charge in [-0.15, -0.1) is 0 Å². The van der Waals surface area contributed by atoms with E-state index >= 15 is 0 Å². The van der Waals surface area contributed by atoms with E-state index in [-0.39, 0.29) is 33.7 Å². The lowest BCUT2D eigenvalue weighted by atomic mass is 9.94. The number of nitrogens with one attached hydrogen (secondary N) is 2. The molecular weight excluding hydrogens is 574 g/mol. The van der Waals surface area contributed by atoms with Gasteiger partial charge in [0, 0.05) is 47.6 Å². The molecule has 1 unspecified atom stereocenters. The minimum Gasteiger partial charge on any atom is -0.497 e. The third-order valence-corrected chi connectivity index (χ3v) is 8.92. The van der Waals surface area contributed by atoms with Crippen molar-refractivity contribution in [1.82, 2.24) is 14.3 Å². The lowest BCUT2D eigenvalue weighted by Crippen LogP contribution is -2.41. The number of H-pyrrole nitrogens is 1. The zero-order valence-electron chi connectivity index (χ0n) is 23.8. The summed E-state index contributed by atoms with van der Waals surface area (Å²) in [7, 11) is -1.25. The van der Waals surface area contributed by atoms with Crippen molar-refractivity contribution in [1.29, 1.82) is 0 Å². The minimum atomic E-state index is -4.11. The summed E-state index contributed by atoms with van der Waals surface area (Å²) in [6.07, 6.45) is 2.73. The van der Waals surface area contributed by atoms with Gasteiger partial charge in [-0.05, 0) is 55.0 Å². The quantitative estimate of drug-likeness (QED) is 0.202. The molecule has 0 spiro atoms. The number of ketones is 1. The van der Waals surface area contributed by atoms with Crippen molar-refractivity contribution >= 4 is 49.5 Å². The number of hydrogen-bond acceptors (Lipinski definition) is 7. The van der Waals surface area contributed by atoms with Gasteiger partial charge in [-0.2, -0.15) is 0 Å². The van der Waals surface area contributed by atoms with E-state index in [0.717, 1.165) is 9.54 Å². The number of methoxy groups -OCH3 is 2. The Kier molecular flexibility index (Phi) is 7.72. The lowest BCUT2D eigenvalue weighted by Gasteiger charge is -2.14. The van der Waals surface area contributed by atoms with Crippen LogP contribution in [0.25, 0.3) is 21.8 Å². The maximum atomic E-state index is 14.5. The number of carboxylic acid groups (broad SMARTS) is 1. The first kappa shape index (κ1) is 29.4. The van der Waals surface area contributed by atoms with Crippen molar-refractivity contribution in [3.63, 3.8) is 0 Å². The van der Waals surface area contributed by atoms with Crippen LogP contribution in [0.3, 0.4) is 0 Å². The van der Waals surface area contributed by atoms with E-state index in [4.69, 9.17) is 9.47 Å². The summed E-state index contributed by atoms with van der Waals surface area (Å²) >= 11 is 0. The number of fused-ring (bicyclic) bond motifs is 2. The SMILES string of the molecule is COc1ccc2c(c1)c(C(=O)c1c(OC)ccc3[nH]cc(CC(NC(C)=O)C(=O)O)c13)cn2S(=O)(=O)c1ccc(C)cc1. The molecule has 2 aromatic heterocycles. The molecule has 5 aromatic rings. The molecular formula is C31H29N3O8S. The molecule has 0 aliphatic heterocycles. The number of carboxylic acids is 1. The largest absolute Gasteiger partial charge is 0.497 e. The number of rotatable bonds is 10. The van der Waals surface area contributed by atoms with Crippen LogP contribution in [0.15, 0.2) is 71.9 Å². The molecule has 0 aliphatic carbocycles. The van der Waals surface area contributed by atoms with Crippen molar-refractivity contribution in [2.75, 3.05) is 14.2 Å². The summed E-state index contributed by atoms with van der Waals surface area (Å²) < 4.78 is 39.7. The highest BCUT2D eigenvalue weighted by molar-refractivity contribution is 7.90. The van der Waals surface area contributed by atoms with Crippen LogP contribution in [0.2, 0.25) is 0 Å². The minimum absolute atomic E-state index is 0.0510. The zero-order chi connectivity index (χ0) is 31.1. The van der Waals surface area contributed by atoms with E-state index in [2.05, 4.69) is 10.3 Å². The fraction of sp³-hybridized carbons (Fsp3) is 0.194. The molecule has 12 heteroatoms. The predicted octanol–water partition coefficient (Wildman–Crippen LogP) is 4.05. The molecule has 3 aromatic carbocycles. The Morgan fingerprint density at radius 1 is 1.02 bits per heavy atom. The van der Waals surface area contributed by atoms with E-state index < -0.39 is 33.7 Å². The third kappa shape index (κ3) is 5.32. The highest BCUT2D eigenvalue weighted by Gasteiger charge is 2.29. The predicted molar refractivity (Wildman–Crippen MR) is 159 cm³/mol. The molecule has 0 radical (unpaired) electrons. The Balaban J connectivity index is 1.74. The molecule has 0 fully saturated rings. The van der Waals surface area contributed by atoms with Gasteiger partial charge in [0.2, 0.25) is 5.91 Å². The van der Waals surface area contributed by atoms with Crippen molar-refractivity contribution in [2.45, 2.75) is 31.2 Å². The van der Waals surface area contributed by atoms with Gasteiger partial charge >= 0.3 is 5.97 Å². The number of carbonyl (C=O) groups is 3. The number of aryl methyl sites for hydroxylation is 1. The molecule has 2 heterocycles. The fourth-order valence-corrected chi connectivity index (χ4v) is 6.51. The molecule has 0 bridgehead atoms. The van der Waals surface area contributed by atoms with Crippen molar-refractivity contribution in [3.8, 4) is 11.5 Å². The standard InChI is InChI=1S/C31H29N3O8S/c1-17-5-8-21(9-6-17)43(39,40)34-16-23(22-14-20(41-3)7-11-26(22)34)30(36)29-27(42-4)12-10-24-28(29)19(15-32-24)13-25(31(37)38)33-18(2)35/h5-12,14-16,25,32H,13H2,1-4H3,(H,33,35)(H,37,38). The third-order valence-electron chi connectivity index (χ3n) is 7.24. The molecule has 5 rings (SSSR count). The highest BCUT2D eigenvalue weighted by Crippen LogP contribution is 2.37. The lowest BCUT2D eigenvalue weighted by molar-refractivity contribution is -0.141. The second-order valence-electron chi connectivity index (χ2n) is 10.0. The van der Waals surface area contributed by atoms with Crippen LogP contribution in [0, 0.1) is 6.92 Å². The Bertz CT molecular complexity index is 2010. The van der Waals surface area contributed by atoms with Gasteiger partial charge in [0.15, 0.2) is 5.78 Å². The molecule has 0 saturated carbocycles. The molecule has 0 aliphatic rings. The van der Waals surface area contributed by atoms with Crippen LogP contribution in [0.1, 0.15) is 34.0 Å². The number of ether oxygens (including phenoxy) is 2. The molecule has 11 nitrogen and oxygen atoms in total. The number of benzene rings is 3. The highest BCUT2D eigenvalue weighted by atomic mass is 32.2. The van der Waals surface area contributed by atoms with Crippen LogP contribution in [-0.4, -0.2) is 60.4 Å². The Labute approximate surface area is 247 Å². The van der Waals surface area contributed by atoms with Gasteiger partial charge in [0.1, 0.15) is 17.5 Å². The number of hydrogen-bond donors (Lipinski definition) is 3.